The van der Waals surface area contributed by atoms with E-state index in [1.54, 1.807) is 7.05 Å². The molecule has 0 aliphatic heterocycles. The van der Waals surface area contributed by atoms with Crippen molar-refractivity contribution in [2.24, 2.45) is 4.99 Å². The molecule has 0 radical (unpaired) electrons. The number of hydrogen-bond donors (Lipinski definition) is 2. The summed E-state index contributed by atoms with van der Waals surface area (Å²) in [5, 5.41) is 7.40. The molecule has 5 nitrogen and oxygen atoms in total. The number of guanidine groups is 1. The van der Waals surface area contributed by atoms with Crippen LogP contribution < -0.4 is 15.4 Å². The summed E-state index contributed by atoms with van der Waals surface area (Å²) in [7, 11) is 1.59. The number of aliphatic imine (C=N–C) groups is 1. The summed E-state index contributed by atoms with van der Waals surface area (Å²) < 4.78 is 43.2. The second-order valence-corrected chi connectivity index (χ2v) is 5.89. The van der Waals surface area contributed by atoms with E-state index in [0.29, 0.717) is 24.1 Å². The predicted octanol–water partition coefficient (Wildman–Crippen LogP) is 4.04. The van der Waals surface area contributed by atoms with Crippen LogP contribution in [0.2, 0.25) is 0 Å². The van der Waals surface area contributed by atoms with Gasteiger partial charge in [-0.25, -0.2) is 4.98 Å². The normalized spacial score (nSPS) is 11.7. The molecule has 144 valence electrons. The molecule has 1 heterocycles. The third-order valence-corrected chi connectivity index (χ3v) is 4.04. The minimum atomic E-state index is -4.42. The number of ether oxygens (including phenoxy) is 1. The van der Waals surface area contributed by atoms with Crippen LogP contribution in [0, 0.1) is 0 Å². The van der Waals surface area contributed by atoms with Crippen LogP contribution in [0.25, 0.3) is 0 Å². The molecular weight excluding hydrogens is 480 g/mol. The molecule has 0 aliphatic carbocycles. The Hall–Kier alpha value is -1.56. The van der Waals surface area contributed by atoms with Crippen molar-refractivity contribution in [1.29, 1.82) is 0 Å². The SMILES string of the molecule is CCOc1ccccc1CNC(=NC)NCc1nc(C(F)(F)F)cs1.I. The molecule has 0 amide bonds. The van der Waals surface area contributed by atoms with Crippen molar-refractivity contribution in [3.05, 3.63) is 45.9 Å². The van der Waals surface area contributed by atoms with Gasteiger partial charge in [-0.3, -0.25) is 4.99 Å². The van der Waals surface area contributed by atoms with Crippen molar-refractivity contribution in [2.45, 2.75) is 26.2 Å². The monoisotopic (exact) mass is 500 g/mol. The summed E-state index contributed by atoms with van der Waals surface area (Å²) in [6.07, 6.45) is -4.42. The number of nitrogens with zero attached hydrogens (tertiary/aromatic N) is 2. The lowest BCUT2D eigenvalue weighted by Crippen LogP contribution is -2.36. The number of para-hydroxylation sites is 1. The number of aromatic nitrogens is 1. The number of benzene rings is 1. The molecule has 0 aliphatic rings. The Morgan fingerprint density at radius 2 is 1.92 bits per heavy atom. The maximum absolute atomic E-state index is 12.6. The summed E-state index contributed by atoms with van der Waals surface area (Å²) in [6, 6.07) is 7.61. The van der Waals surface area contributed by atoms with Gasteiger partial charge >= 0.3 is 6.18 Å². The first-order valence-corrected chi connectivity index (χ1v) is 8.48. The van der Waals surface area contributed by atoms with Gasteiger partial charge in [0.1, 0.15) is 10.8 Å². The molecule has 0 atom stereocenters. The average Bonchev–Trinajstić information content (AvgIpc) is 3.06. The zero-order chi connectivity index (χ0) is 18.3. The maximum Gasteiger partial charge on any atom is 0.434 e. The molecule has 0 fully saturated rings. The van der Waals surface area contributed by atoms with E-state index < -0.39 is 11.9 Å². The van der Waals surface area contributed by atoms with E-state index in [1.807, 2.05) is 31.2 Å². The van der Waals surface area contributed by atoms with Gasteiger partial charge in [0, 0.05) is 24.5 Å². The van der Waals surface area contributed by atoms with Crippen LogP contribution in [0.3, 0.4) is 0 Å². The average molecular weight is 500 g/mol. The fraction of sp³-hybridized carbons (Fsp3) is 0.375. The second-order valence-electron chi connectivity index (χ2n) is 4.94. The minimum absolute atomic E-state index is 0. The van der Waals surface area contributed by atoms with E-state index in [-0.39, 0.29) is 30.5 Å². The fourth-order valence-corrected chi connectivity index (χ4v) is 2.77. The van der Waals surface area contributed by atoms with Crippen molar-refractivity contribution in [1.82, 2.24) is 15.6 Å². The van der Waals surface area contributed by atoms with Crippen LogP contribution in [-0.2, 0) is 19.3 Å². The highest BCUT2D eigenvalue weighted by molar-refractivity contribution is 14.0. The highest BCUT2D eigenvalue weighted by Crippen LogP contribution is 2.29. The molecule has 2 N–H and O–H groups in total. The predicted molar refractivity (Wildman–Crippen MR) is 107 cm³/mol. The van der Waals surface area contributed by atoms with Gasteiger partial charge in [0.15, 0.2) is 11.7 Å². The molecule has 0 bridgehead atoms. The highest BCUT2D eigenvalue weighted by atomic mass is 127. The number of rotatable bonds is 6. The highest BCUT2D eigenvalue weighted by Gasteiger charge is 2.33. The second kappa shape index (κ2) is 10.6. The fourth-order valence-electron chi connectivity index (χ4n) is 2.03. The Morgan fingerprint density at radius 3 is 2.54 bits per heavy atom. The van der Waals surface area contributed by atoms with Crippen molar-refractivity contribution in [3.8, 4) is 5.75 Å². The molecule has 1 aromatic heterocycles. The van der Waals surface area contributed by atoms with Crippen molar-refractivity contribution < 1.29 is 17.9 Å². The Kier molecular flexibility index (Phi) is 9.13. The van der Waals surface area contributed by atoms with Crippen LogP contribution in [0.15, 0.2) is 34.6 Å². The lowest BCUT2D eigenvalue weighted by atomic mass is 10.2. The Morgan fingerprint density at radius 1 is 1.23 bits per heavy atom. The summed E-state index contributed by atoms with van der Waals surface area (Å²) >= 11 is 0.956. The number of alkyl halides is 3. The Labute approximate surface area is 171 Å². The quantitative estimate of drug-likeness (QED) is 0.357. The molecule has 2 rings (SSSR count). The Bertz CT molecular complexity index is 722. The smallest absolute Gasteiger partial charge is 0.434 e. The topological polar surface area (TPSA) is 58.5 Å². The first-order chi connectivity index (χ1) is 11.9. The van der Waals surface area contributed by atoms with Crippen LogP contribution in [0.5, 0.6) is 5.75 Å². The maximum atomic E-state index is 12.6. The number of halogens is 4. The first-order valence-electron chi connectivity index (χ1n) is 7.60. The molecule has 26 heavy (non-hydrogen) atoms. The molecule has 1 aromatic carbocycles. The first kappa shape index (κ1) is 22.5. The van der Waals surface area contributed by atoms with Crippen molar-refractivity contribution in [2.75, 3.05) is 13.7 Å². The number of thiazole rings is 1. The number of nitrogens with one attached hydrogen (secondary N) is 2. The third kappa shape index (κ3) is 6.63. The number of hydrogen-bond acceptors (Lipinski definition) is 4. The zero-order valence-electron chi connectivity index (χ0n) is 14.3. The van der Waals surface area contributed by atoms with Gasteiger partial charge in [-0.05, 0) is 13.0 Å². The molecule has 0 saturated carbocycles. The van der Waals surface area contributed by atoms with E-state index in [1.165, 1.54) is 0 Å². The van der Waals surface area contributed by atoms with E-state index in [4.69, 9.17) is 4.74 Å². The largest absolute Gasteiger partial charge is 0.494 e. The standard InChI is InChI=1S/C16H19F3N4OS.HI/c1-3-24-12-7-5-4-6-11(12)8-21-15(20-2)22-9-14-23-13(10-25-14)16(17,18)19;/h4-7,10H,3,8-9H2,1-2H3,(H2,20,21,22);1H. The summed E-state index contributed by atoms with van der Waals surface area (Å²) in [6.45, 7) is 3.11. The van der Waals surface area contributed by atoms with Gasteiger partial charge in [0.2, 0.25) is 0 Å². The van der Waals surface area contributed by atoms with Crippen LogP contribution in [-0.4, -0.2) is 24.6 Å². The third-order valence-electron chi connectivity index (χ3n) is 3.19. The van der Waals surface area contributed by atoms with Crippen molar-refractivity contribution in [3.63, 3.8) is 0 Å². The van der Waals surface area contributed by atoms with Crippen LogP contribution in [0.4, 0.5) is 13.2 Å². The van der Waals surface area contributed by atoms with E-state index in [2.05, 4.69) is 20.6 Å². The van der Waals surface area contributed by atoms with Gasteiger partial charge in [-0.1, -0.05) is 18.2 Å². The lowest BCUT2D eigenvalue weighted by Gasteiger charge is -2.13. The summed E-state index contributed by atoms with van der Waals surface area (Å²) in [5.41, 5.74) is 0.0868. The Balaban J connectivity index is 0.00000338. The summed E-state index contributed by atoms with van der Waals surface area (Å²) in [5.74, 6) is 1.25. The molecule has 10 heteroatoms. The van der Waals surface area contributed by atoms with Gasteiger partial charge in [0.25, 0.3) is 0 Å². The van der Waals surface area contributed by atoms with Crippen molar-refractivity contribution >= 4 is 41.3 Å². The zero-order valence-corrected chi connectivity index (χ0v) is 17.4. The lowest BCUT2D eigenvalue weighted by molar-refractivity contribution is -0.140. The molecule has 0 spiro atoms. The van der Waals surface area contributed by atoms with E-state index in [0.717, 1.165) is 28.0 Å². The van der Waals surface area contributed by atoms with E-state index >= 15 is 0 Å². The van der Waals surface area contributed by atoms with Gasteiger partial charge in [-0.2, -0.15) is 13.2 Å². The molecular formula is C16H20F3IN4OS. The molecule has 2 aromatic rings. The van der Waals surface area contributed by atoms with Gasteiger partial charge in [0.05, 0.1) is 13.2 Å². The molecule has 0 unspecified atom stereocenters. The van der Waals surface area contributed by atoms with Gasteiger partial charge < -0.3 is 15.4 Å². The van der Waals surface area contributed by atoms with Crippen LogP contribution >= 0.6 is 35.3 Å². The minimum Gasteiger partial charge on any atom is -0.494 e. The van der Waals surface area contributed by atoms with Gasteiger partial charge in [-0.15, -0.1) is 35.3 Å². The molecule has 0 saturated heterocycles. The van der Waals surface area contributed by atoms with E-state index in [9.17, 15) is 13.2 Å². The van der Waals surface area contributed by atoms with Crippen LogP contribution in [0.1, 0.15) is 23.2 Å². The summed E-state index contributed by atoms with van der Waals surface area (Å²) in [4.78, 5) is 7.63.